The Morgan fingerprint density at radius 2 is 1.90 bits per heavy atom. The summed E-state index contributed by atoms with van der Waals surface area (Å²) >= 11 is 0. The maximum atomic E-state index is 12.9. The van der Waals surface area contributed by atoms with Gasteiger partial charge in [0.25, 0.3) is 5.91 Å². The van der Waals surface area contributed by atoms with E-state index in [9.17, 15) is 14.4 Å². The Kier molecular flexibility index (Phi) is 4.65. The summed E-state index contributed by atoms with van der Waals surface area (Å²) in [5.74, 6) is 2.66. The topological polar surface area (TPSA) is 90.5 Å². The molecule has 1 aromatic carbocycles. The van der Waals surface area contributed by atoms with Crippen LogP contribution in [0.5, 0.6) is 0 Å². The number of hydrogen-bond donors (Lipinski definition) is 3. The number of fused-ring (bicyclic) bond motifs is 3. The molecular formula is C24H30N4O3. The second-order valence-electron chi connectivity index (χ2n) is 10.1. The molecule has 6 atom stereocenters. The first-order valence-corrected chi connectivity index (χ1v) is 11.8. The van der Waals surface area contributed by atoms with Crippen molar-refractivity contribution in [3.05, 3.63) is 34.9 Å². The van der Waals surface area contributed by atoms with Gasteiger partial charge in [0.1, 0.15) is 6.04 Å². The van der Waals surface area contributed by atoms with Crippen LogP contribution >= 0.6 is 0 Å². The number of piperidine rings is 1. The third-order valence-electron chi connectivity index (χ3n) is 8.57. The molecule has 3 amide bonds. The third kappa shape index (κ3) is 3.21. The lowest BCUT2D eigenvalue weighted by molar-refractivity contribution is -0.136. The van der Waals surface area contributed by atoms with Crippen LogP contribution in [0.25, 0.3) is 0 Å². The number of benzene rings is 1. The van der Waals surface area contributed by atoms with E-state index in [1.807, 2.05) is 12.1 Å². The molecule has 7 nitrogen and oxygen atoms in total. The van der Waals surface area contributed by atoms with Crippen molar-refractivity contribution in [2.24, 2.45) is 23.7 Å². The number of imide groups is 1. The lowest BCUT2D eigenvalue weighted by Crippen LogP contribution is -2.52. The Bertz CT molecular complexity index is 947. The molecule has 0 aromatic heterocycles. The van der Waals surface area contributed by atoms with E-state index >= 15 is 0 Å². The van der Waals surface area contributed by atoms with Gasteiger partial charge in [0.2, 0.25) is 11.8 Å². The molecule has 3 aliphatic heterocycles. The van der Waals surface area contributed by atoms with Crippen LogP contribution in [0.15, 0.2) is 18.2 Å². The highest BCUT2D eigenvalue weighted by Crippen LogP contribution is 2.50. The first-order valence-electron chi connectivity index (χ1n) is 11.8. The minimum absolute atomic E-state index is 0.103. The second-order valence-corrected chi connectivity index (χ2v) is 10.1. The Labute approximate surface area is 182 Å². The molecule has 2 saturated heterocycles. The van der Waals surface area contributed by atoms with Crippen molar-refractivity contribution in [3.8, 4) is 0 Å². The van der Waals surface area contributed by atoms with Gasteiger partial charge in [-0.05, 0) is 79.6 Å². The molecule has 2 bridgehead atoms. The van der Waals surface area contributed by atoms with E-state index in [-0.39, 0.29) is 24.1 Å². The average Bonchev–Trinajstić information content (AvgIpc) is 3.39. The van der Waals surface area contributed by atoms with E-state index in [0.717, 1.165) is 35.8 Å². The summed E-state index contributed by atoms with van der Waals surface area (Å²) in [7, 11) is 0. The monoisotopic (exact) mass is 422 g/mol. The lowest BCUT2D eigenvalue weighted by atomic mass is 9.58. The summed E-state index contributed by atoms with van der Waals surface area (Å²) in [6.45, 7) is 3.65. The second kappa shape index (κ2) is 7.41. The predicted molar refractivity (Wildman–Crippen MR) is 114 cm³/mol. The van der Waals surface area contributed by atoms with Crippen molar-refractivity contribution in [3.63, 3.8) is 0 Å². The van der Waals surface area contributed by atoms with Gasteiger partial charge in [-0.3, -0.25) is 19.7 Å². The van der Waals surface area contributed by atoms with Gasteiger partial charge in [0.05, 0.1) is 0 Å². The zero-order valence-electron chi connectivity index (χ0n) is 17.7. The summed E-state index contributed by atoms with van der Waals surface area (Å²) in [4.78, 5) is 38.2. The molecule has 0 radical (unpaired) electrons. The maximum absolute atomic E-state index is 12.9. The van der Waals surface area contributed by atoms with E-state index in [0.29, 0.717) is 24.6 Å². The number of carbonyl (C=O) groups excluding carboxylic acids is 3. The molecule has 3 saturated carbocycles. The molecule has 1 aromatic rings. The molecule has 5 fully saturated rings. The molecule has 1 unspecified atom stereocenters. The minimum atomic E-state index is -0.551. The quantitative estimate of drug-likeness (QED) is 0.634. The van der Waals surface area contributed by atoms with E-state index < -0.39 is 6.04 Å². The van der Waals surface area contributed by atoms with Crippen LogP contribution < -0.4 is 16.0 Å². The third-order valence-corrected chi connectivity index (χ3v) is 8.57. The molecule has 7 rings (SSSR count). The zero-order chi connectivity index (χ0) is 21.1. The van der Waals surface area contributed by atoms with E-state index in [1.165, 1.54) is 37.9 Å². The van der Waals surface area contributed by atoms with Gasteiger partial charge in [-0.1, -0.05) is 12.1 Å². The molecule has 6 aliphatic rings. The van der Waals surface area contributed by atoms with Crippen molar-refractivity contribution >= 4 is 17.7 Å². The molecule has 164 valence electrons. The number of amides is 3. The van der Waals surface area contributed by atoms with Gasteiger partial charge in [0, 0.05) is 31.1 Å². The highest BCUT2D eigenvalue weighted by Gasteiger charge is 2.49. The van der Waals surface area contributed by atoms with Crippen LogP contribution in [-0.2, 0) is 22.7 Å². The van der Waals surface area contributed by atoms with Crippen LogP contribution in [-0.4, -0.2) is 47.8 Å². The van der Waals surface area contributed by atoms with Crippen molar-refractivity contribution in [2.75, 3.05) is 13.1 Å². The standard InChI is InChI=1S/C24H30N4O3/c29-22-6-5-21(23(30)27-22)28-12-15-7-13(1-3-16(15)24(28)31)9-26-20-8-14-2-4-17(20)19-11-25-10-18(14)19/h1,3,7,14,17-21,25-26H,2,4-6,8-12H2,(H,27,29,30)/t14-,17-,18+,19-,20-,21?/m1/s1. The van der Waals surface area contributed by atoms with Crippen LogP contribution in [0.4, 0.5) is 0 Å². The van der Waals surface area contributed by atoms with Gasteiger partial charge in [-0.2, -0.15) is 0 Å². The SMILES string of the molecule is O=C1CCC(N2Cc3cc(CN[C@@H]4C[C@H]5CC[C@@H]4[C@H]4CNC[C@@H]54)ccc3C2=O)C(=O)N1. The number of nitrogens with zero attached hydrogens (tertiary/aromatic N) is 1. The maximum Gasteiger partial charge on any atom is 0.255 e. The largest absolute Gasteiger partial charge is 0.322 e. The Hall–Kier alpha value is -2.25. The predicted octanol–water partition coefficient (Wildman–Crippen LogP) is 1.17. The molecule has 0 spiro atoms. The van der Waals surface area contributed by atoms with E-state index in [2.05, 4.69) is 22.0 Å². The van der Waals surface area contributed by atoms with Crippen molar-refractivity contribution in [2.45, 2.75) is 57.3 Å². The lowest BCUT2D eigenvalue weighted by Gasteiger charge is -2.50. The van der Waals surface area contributed by atoms with Crippen LogP contribution in [0, 0.1) is 23.7 Å². The number of carbonyl (C=O) groups is 3. The van der Waals surface area contributed by atoms with Gasteiger partial charge in [-0.15, -0.1) is 0 Å². The number of rotatable bonds is 4. The van der Waals surface area contributed by atoms with Gasteiger partial charge < -0.3 is 15.5 Å². The van der Waals surface area contributed by atoms with Crippen molar-refractivity contribution < 1.29 is 14.4 Å². The molecule has 3 aliphatic carbocycles. The fourth-order valence-electron chi connectivity index (χ4n) is 7.05. The highest BCUT2D eigenvalue weighted by atomic mass is 16.2. The number of hydrogen-bond acceptors (Lipinski definition) is 5. The van der Waals surface area contributed by atoms with Gasteiger partial charge >= 0.3 is 0 Å². The van der Waals surface area contributed by atoms with Crippen LogP contribution in [0.3, 0.4) is 0 Å². The van der Waals surface area contributed by atoms with Gasteiger partial charge in [0.15, 0.2) is 0 Å². The van der Waals surface area contributed by atoms with E-state index in [4.69, 9.17) is 0 Å². The first-order chi connectivity index (χ1) is 15.1. The van der Waals surface area contributed by atoms with Crippen LogP contribution in [0.2, 0.25) is 0 Å². The summed E-state index contributed by atoms with van der Waals surface area (Å²) in [5, 5.41) is 9.82. The summed E-state index contributed by atoms with van der Waals surface area (Å²) in [5.41, 5.74) is 2.86. The Balaban J connectivity index is 1.12. The molecule has 7 heteroatoms. The summed E-state index contributed by atoms with van der Waals surface area (Å²) in [6, 6.07) is 6.11. The van der Waals surface area contributed by atoms with E-state index in [1.54, 1.807) is 4.90 Å². The smallest absolute Gasteiger partial charge is 0.255 e. The normalized spacial score (nSPS) is 36.5. The zero-order valence-corrected chi connectivity index (χ0v) is 17.7. The van der Waals surface area contributed by atoms with Crippen molar-refractivity contribution in [1.82, 2.24) is 20.9 Å². The fraction of sp³-hybridized carbons (Fsp3) is 0.625. The molecule has 3 N–H and O–H groups in total. The fourth-order valence-corrected chi connectivity index (χ4v) is 7.05. The molecule has 3 heterocycles. The van der Waals surface area contributed by atoms with Crippen molar-refractivity contribution in [1.29, 1.82) is 0 Å². The Morgan fingerprint density at radius 1 is 1.03 bits per heavy atom. The van der Waals surface area contributed by atoms with Crippen LogP contribution in [0.1, 0.15) is 53.6 Å². The minimum Gasteiger partial charge on any atom is -0.322 e. The highest BCUT2D eigenvalue weighted by molar-refractivity contribution is 6.05. The average molecular weight is 423 g/mol. The molecular weight excluding hydrogens is 392 g/mol. The first kappa shape index (κ1) is 19.4. The summed E-state index contributed by atoms with van der Waals surface area (Å²) < 4.78 is 0. The summed E-state index contributed by atoms with van der Waals surface area (Å²) in [6.07, 6.45) is 4.72. The van der Waals surface area contributed by atoms with Gasteiger partial charge in [-0.25, -0.2) is 0 Å². The Morgan fingerprint density at radius 3 is 2.77 bits per heavy atom. The number of nitrogens with one attached hydrogen (secondary N) is 3. The molecule has 31 heavy (non-hydrogen) atoms.